The number of carboxylic acid groups (broad SMARTS) is 1. The predicted molar refractivity (Wildman–Crippen MR) is 72.9 cm³/mol. The topological polar surface area (TPSA) is 89.5 Å². The summed E-state index contributed by atoms with van der Waals surface area (Å²) in [7, 11) is 0. The average Bonchev–Trinajstić information content (AvgIpc) is 2.40. The fourth-order valence-electron chi connectivity index (χ4n) is 1.86. The van der Waals surface area contributed by atoms with Crippen LogP contribution < -0.4 is 40.0 Å². The monoisotopic (exact) mass is 301 g/mol. The van der Waals surface area contributed by atoms with E-state index < -0.39 is 12.0 Å². The molecule has 1 rings (SSSR count). The van der Waals surface area contributed by atoms with Gasteiger partial charge in [-0.05, 0) is 30.5 Å². The van der Waals surface area contributed by atoms with Gasteiger partial charge >= 0.3 is 29.6 Å². The van der Waals surface area contributed by atoms with Crippen molar-refractivity contribution in [3.8, 4) is 5.75 Å². The number of nitrogens with one attached hydrogen (secondary N) is 1. The zero-order valence-electron chi connectivity index (χ0n) is 12.6. The molecule has 0 radical (unpaired) electrons. The number of amides is 1. The minimum Gasteiger partial charge on any atom is -0.548 e. The van der Waals surface area contributed by atoms with Crippen molar-refractivity contribution >= 4 is 11.9 Å². The predicted octanol–water partition coefficient (Wildman–Crippen LogP) is -2.25. The molecule has 1 aromatic rings. The Labute approximate surface area is 147 Å². The van der Waals surface area contributed by atoms with Gasteiger partial charge in [0, 0.05) is 6.42 Å². The van der Waals surface area contributed by atoms with Crippen LogP contribution in [0.15, 0.2) is 24.3 Å². The Balaban J connectivity index is 0.00000400. The van der Waals surface area contributed by atoms with Crippen molar-refractivity contribution in [2.75, 3.05) is 0 Å². The summed E-state index contributed by atoms with van der Waals surface area (Å²) in [6.07, 6.45) is 3.17. The average molecular weight is 301 g/mol. The first kappa shape index (κ1) is 20.0. The number of aliphatic carboxylic acids is 1. The van der Waals surface area contributed by atoms with E-state index in [-0.39, 0.29) is 47.6 Å². The van der Waals surface area contributed by atoms with Gasteiger partial charge in [-0.2, -0.15) is 0 Å². The van der Waals surface area contributed by atoms with Crippen molar-refractivity contribution < 1.29 is 49.4 Å². The maximum absolute atomic E-state index is 11.6. The Hall–Kier alpha value is -1.04. The molecule has 110 valence electrons. The molecule has 0 fully saturated rings. The molecule has 1 atom stereocenters. The van der Waals surface area contributed by atoms with Gasteiger partial charge < -0.3 is 20.3 Å². The van der Waals surface area contributed by atoms with Crippen LogP contribution in [0.3, 0.4) is 0 Å². The van der Waals surface area contributed by atoms with Gasteiger partial charge in [0.05, 0.1) is 12.0 Å². The third kappa shape index (κ3) is 8.09. The quantitative estimate of drug-likeness (QED) is 0.419. The van der Waals surface area contributed by atoms with Crippen molar-refractivity contribution in [3.05, 3.63) is 29.8 Å². The molecule has 2 N–H and O–H groups in total. The summed E-state index contributed by atoms with van der Waals surface area (Å²) >= 11 is 0. The molecule has 0 aliphatic heterocycles. The molecular weight excluding hydrogens is 281 g/mol. The van der Waals surface area contributed by atoms with Crippen LogP contribution in [0.4, 0.5) is 0 Å². The number of hydrogen-bond acceptors (Lipinski definition) is 4. The van der Waals surface area contributed by atoms with E-state index in [9.17, 15) is 14.7 Å². The van der Waals surface area contributed by atoms with Crippen molar-refractivity contribution in [3.63, 3.8) is 0 Å². The Morgan fingerprint density at radius 2 is 1.86 bits per heavy atom. The van der Waals surface area contributed by atoms with Crippen LogP contribution in [-0.2, 0) is 16.0 Å². The summed E-state index contributed by atoms with van der Waals surface area (Å²) in [5.74, 6) is -1.46. The summed E-state index contributed by atoms with van der Waals surface area (Å²) in [5, 5.41) is 22.7. The van der Waals surface area contributed by atoms with E-state index >= 15 is 0 Å². The van der Waals surface area contributed by atoms with Crippen molar-refractivity contribution in [2.45, 2.75) is 45.1 Å². The summed E-state index contributed by atoms with van der Waals surface area (Å²) in [6.45, 7) is 2.03. The number of rotatable bonds is 8. The molecule has 1 amide bonds. The minimum absolute atomic E-state index is 0. The van der Waals surface area contributed by atoms with Crippen molar-refractivity contribution in [1.29, 1.82) is 0 Å². The smallest absolute Gasteiger partial charge is 0.548 e. The maximum Gasteiger partial charge on any atom is 1.00 e. The fraction of sp³-hybridized carbons (Fsp3) is 0.467. The molecular formula is C15H20NNaO4. The summed E-state index contributed by atoms with van der Waals surface area (Å²) in [5.41, 5.74) is 0.714. The molecule has 1 aromatic carbocycles. The van der Waals surface area contributed by atoms with E-state index in [4.69, 9.17) is 5.11 Å². The third-order valence-electron chi connectivity index (χ3n) is 3.00. The van der Waals surface area contributed by atoms with E-state index in [1.54, 1.807) is 12.1 Å². The molecule has 0 bridgehead atoms. The Morgan fingerprint density at radius 3 is 2.38 bits per heavy atom. The second-order valence-corrected chi connectivity index (χ2v) is 4.77. The number of hydrogen-bond donors (Lipinski definition) is 2. The van der Waals surface area contributed by atoms with E-state index in [0.717, 1.165) is 19.3 Å². The van der Waals surface area contributed by atoms with Crippen LogP contribution in [-0.4, -0.2) is 23.0 Å². The number of unbranched alkanes of at least 4 members (excludes halogenated alkanes) is 2. The number of aromatic hydroxyl groups is 1. The molecule has 0 spiro atoms. The van der Waals surface area contributed by atoms with Gasteiger partial charge in [-0.15, -0.1) is 0 Å². The number of benzene rings is 1. The fourth-order valence-corrected chi connectivity index (χ4v) is 1.86. The van der Waals surface area contributed by atoms with Gasteiger partial charge in [0.2, 0.25) is 5.91 Å². The van der Waals surface area contributed by atoms with Crippen LogP contribution >= 0.6 is 0 Å². The van der Waals surface area contributed by atoms with Gasteiger partial charge in [-0.1, -0.05) is 31.9 Å². The standard InChI is InChI=1S/C15H21NO4.Na/c1-2-3-4-5-14(18)16-13(15(19)20)10-11-6-8-12(17)9-7-11;/h6-9,13,17H,2-5,10H2,1H3,(H,16,18)(H,19,20);/q;+1/p-1/t13-;/m0./s1. The molecule has 0 aliphatic rings. The van der Waals surface area contributed by atoms with E-state index in [1.807, 2.05) is 6.92 Å². The molecule has 0 saturated carbocycles. The van der Waals surface area contributed by atoms with Gasteiger partial charge in [0.15, 0.2) is 0 Å². The first-order chi connectivity index (χ1) is 9.52. The normalized spacial score (nSPS) is 11.3. The molecule has 0 aliphatic carbocycles. The molecule has 6 heteroatoms. The Morgan fingerprint density at radius 1 is 1.24 bits per heavy atom. The van der Waals surface area contributed by atoms with Gasteiger partial charge in [-0.25, -0.2) is 0 Å². The van der Waals surface area contributed by atoms with E-state index in [2.05, 4.69) is 5.32 Å². The molecule has 0 aromatic heterocycles. The first-order valence-electron chi connectivity index (χ1n) is 6.81. The second-order valence-electron chi connectivity index (χ2n) is 4.77. The zero-order valence-corrected chi connectivity index (χ0v) is 14.6. The SMILES string of the molecule is CCCCCC(=O)N[C@@H](Cc1ccc(O)cc1)C(=O)[O-].[Na+]. The largest absolute Gasteiger partial charge is 1.00 e. The van der Waals surface area contributed by atoms with Crippen LogP contribution in [0.5, 0.6) is 5.75 Å². The van der Waals surface area contributed by atoms with Crippen molar-refractivity contribution in [2.24, 2.45) is 0 Å². The zero-order chi connectivity index (χ0) is 15.0. The van der Waals surface area contributed by atoms with Gasteiger partial charge in [0.25, 0.3) is 0 Å². The first-order valence-corrected chi connectivity index (χ1v) is 6.81. The number of phenolic OH excluding ortho intramolecular Hbond substituents is 1. The summed E-state index contributed by atoms with van der Waals surface area (Å²) in [4.78, 5) is 22.7. The third-order valence-corrected chi connectivity index (χ3v) is 3.00. The molecule has 0 unspecified atom stereocenters. The number of carboxylic acids is 1. The van der Waals surface area contributed by atoms with Crippen LogP contribution in [0.1, 0.15) is 38.2 Å². The molecule has 5 nitrogen and oxygen atoms in total. The Bertz CT molecular complexity index is 447. The van der Waals surface area contributed by atoms with Crippen LogP contribution in [0.2, 0.25) is 0 Å². The number of phenols is 1. The van der Waals surface area contributed by atoms with E-state index in [0.29, 0.717) is 12.0 Å². The molecule has 0 saturated heterocycles. The number of carbonyl (C=O) groups excluding carboxylic acids is 2. The molecule has 21 heavy (non-hydrogen) atoms. The number of carbonyl (C=O) groups is 2. The Kier molecular flexibility index (Phi) is 10.1. The minimum atomic E-state index is -1.30. The van der Waals surface area contributed by atoms with E-state index in [1.165, 1.54) is 12.1 Å². The maximum atomic E-state index is 11.6. The molecule has 0 heterocycles. The second kappa shape index (κ2) is 10.7. The summed E-state index contributed by atoms with van der Waals surface area (Å²) in [6, 6.07) is 5.15. The summed E-state index contributed by atoms with van der Waals surface area (Å²) < 4.78 is 0. The van der Waals surface area contributed by atoms with Gasteiger partial charge in [-0.3, -0.25) is 4.79 Å². The van der Waals surface area contributed by atoms with Gasteiger partial charge in [0.1, 0.15) is 5.75 Å². The van der Waals surface area contributed by atoms with Crippen molar-refractivity contribution in [1.82, 2.24) is 5.32 Å². The van der Waals surface area contributed by atoms with Crippen LogP contribution in [0.25, 0.3) is 0 Å². The van der Waals surface area contributed by atoms with Crippen LogP contribution in [0, 0.1) is 0 Å².